The van der Waals surface area contributed by atoms with Crippen molar-refractivity contribution in [1.82, 2.24) is 16.2 Å². The molecule has 0 bridgehead atoms. The molecular formula is C18H28N4O4. The standard InChI is InChI=1S/C18H28N4O4/c1-6-10(2)15(20-18(19)25)17(24)22-21-16(23)13(5)26-14-9-7-8-11(3)12(14)4/h7-10,13,15H,6H2,1-5H3,(H,21,23)(H,22,24)(H3,19,20,25). The van der Waals surface area contributed by atoms with Gasteiger partial charge in [-0.25, -0.2) is 4.79 Å². The number of nitrogens with two attached hydrogens (primary N) is 1. The number of nitrogens with one attached hydrogen (secondary N) is 3. The Bertz CT molecular complexity index is 663. The molecule has 4 amide bonds. The maximum Gasteiger partial charge on any atom is 0.312 e. The fourth-order valence-electron chi connectivity index (χ4n) is 2.25. The van der Waals surface area contributed by atoms with Gasteiger partial charge in [-0.05, 0) is 43.9 Å². The second kappa shape index (κ2) is 9.65. The minimum Gasteiger partial charge on any atom is -0.481 e. The summed E-state index contributed by atoms with van der Waals surface area (Å²) >= 11 is 0. The third kappa shape index (κ3) is 5.94. The van der Waals surface area contributed by atoms with Crippen molar-refractivity contribution in [3.63, 3.8) is 0 Å². The van der Waals surface area contributed by atoms with E-state index in [0.29, 0.717) is 12.2 Å². The Morgan fingerprint density at radius 1 is 1.12 bits per heavy atom. The molecule has 26 heavy (non-hydrogen) atoms. The van der Waals surface area contributed by atoms with E-state index in [4.69, 9.17) is 10.5 Å². The van der Waals surface area contributed by atoms with Gasteiger partial charge >= 0.3 is 6.03 Å². The summed E-state index contributed by atoms with van der Waals surface area (Å²) in [5.41, 5.74) is 11.7. The van der Waals surface area contributed by atoms with Crippen LogP contribution in [0.3, 0.4) is 0 Å². The smallest absolute Gasteiger partial charge is 0.312 e. The normalized spacial score (nSPS) is 13.9. The van der Waals surface area contributed by atoms with Crippen molar-refractivity contribution in [1.29, 1.82) is 0 Å². The molecule has 8 nitrogen and oxygen atoms in total. The minimum absolute atomic E-state index is 0.150. The summed E-state index contributed by atoms with van der Waals surface area (Å²) in [6, 6.07) is 3.93. The van der Waals surface area contributed by atoms with E-state index in [1.54, 1.807) is 19.9 Å². The van der Waals surface area contributed by atoms with Crippen molar-refractivity contribution in [3.05, 3.63) is 29.3 Å². The van der Waals surface area contributed by atoms with Crippen molar-refractivity contribution in [2.24, 2.45) is 11.7 Å². The van der Waals surface area contributed by atoms with Crippen molar-refractivity contribution in [3.8, 4) is 5.75 Å². The molecule has 0 heterocycles. The average molecular weight is 364 g/mol. The Balaban J connectivity index is 2.64. The van der Waals surface area contributed by atoms with Gasteiger partial charge in [-0.3, -0.25) is 20.4 Å². The molecule has 0 saturated carbocycles. The van der Waals surface area contributed by atoms with Crippen LogP contribution in [0, 0.1) is 19.8 Å². The number of ether oxygens (including phenoxy) is 1. The number of carbonyl (C=O) groups excluding carboxylic acids is 3. The highest BCUT2D eigenvalue weighted by Gasteiger charge is 2.26. The Labute approximate surface area is 153 Å². The lowest BCUT2D eigenvalue weighted by molar-refractivity contribution is -0.133. The van der Waals surface area contributed by atoms with E-state index in [2.05, 4.69) is 16.2 Å². The number of hydrazine groups is 1. The molecule has 0 spiro atoms. The molecule has 0 aromatic heterocycles. The van der Waals surface area contributed by atoms with Crippen LogP contribution < -0.4 is 26.6 Å². The summed E-state index contributed by atoms with van der Waals surface area (Å²) in [4.78, 5) is 35.5. The van der Waals surface area contributed by atoms with Crippen LogP contribution in [0.4, 0.5) is 4.79 Å². The number of amides is 4. The second-order valence-corrected chi connectivity index (χ2v) is 6.31. The summed E-state index contributed by atoms with van der Waals surface area (Å²) in [6.07, 6.45) is -0.166. The summed E-state index contributed by atoms with van der Waals surface area (Å²) < 4.78 is 5.66. The molecule has 8 heteroatoms. The van der Waals surface area contributed by atoms with Crippen LogP contribution in [0.25, 0.3) is 0 Å². The van der Waals surface area contributed by atoms with Gasteiger partial charge in [-0.2, -0.15) is 0 Å². The average Bonchev–Trinajstić information content (AvgIpc) is 2.60. The molecule has 0 aliphatic carbocycles. The number of aryl methyl sites for hydroxylation is 1. The molecule has 0 aliphatic heterocycles. The summed E-state index contributed by atoms with van der Waals surface area (Å²) in [6.45, 7) is 9.12. The Morgan fingerprint density at radius 2 is 1.73 bits per heavy atom. The predicted octanol–water partition coefficient (Wildman–Crippen LogP) is 1.30. The number of carbonyl (C=O) groups is 3. The molecule has 1 aromatic carbocycles. The van der Waals surface area contributed by atoms with E-state index in [1.165, 1.54) is 0 Å². The molecule has 0 radical (unpaired) electrons. The van der Waals surface area contributed by atoms with Gasteiger partial charge in [0.25, 0.3) is 11.8 Å². The maximum absolute atomic E-state index is 12.2. The van der Waals surface area contributed by atoms with Gasteiger partial charge in [-0.1, -0.05) is 32.4 Å². The van der Waals surface area contributed by atoms with Crippen LogP contribution in [0.15, 0.2) is 18.2 Å². The lowest BCUT2D eigenvalue weighted by Gasteiger charge is -2.23. The number of hydrogen-bond donors (Lipinski definition) is 4. The maximum atomic E-state index is 12.2. The zero-order chi connectivity index (χ0) is 19.9. The zero-order valence-electron chi connectivity index (χ0n) is 15.9. The lowest BCUT2D eigenvalue weighted by atomic mass is 9.99. The highest BCUT2D eigenvalue weighted by atomic mass is 16.5. The van der Waals surface area contributed by atoms with E-state index < -0.39 is 30.0 Å². The molecule has 0 aliphatic rings. The third-order valence-corrected chi connectivity index (χ3v) is 4.33. The first-order valence-corrected chi connectivity index (χ1v) is 8.55. The van der Waals surface area contributed by atoms with Crippen LogP contribution in [0.1, 0.15) is 38.3 Å². The minimum atomic E-state index is -0.840. The molecule has 1 rings (SSSR count). The van der Waals surface area contributed by atoms with Gasteiger partial charge in [0.05, 0.1) is 0 Å². The molecule has 5 N–H and O–H groups in total. The first kappa shape index (κ1) is 21.3. The molecule has 0 saturated heterocycles. The Hall–Kier alpha value is -2.77. The van der Waals surface area contributed by atoms with Gasteiger partial charge in [0.15, 0.2) is 6.10 Å². The molecule has 1 aromatic rings. The zero-order valence-corrected chi connectivity index (χ0v) is 15.9. The fourth-order valence-corrected chi connectivity index (χ4v) is 2.25. The number of hydrogen-bond acceptors (Lipinski definition) is 4. The number of rotatable bonds is 7. The quantitative estimate of drug-likeness (QED) is 0.545. The number of primary amides is 1. The van der Waals surface area contributed by atoms with Crippen LogP contribution >= 0.6 is 0 Å². The largest absolute Gasteiger partial charge is 0.481 e. The van der Waals surface area contributed by atoms with Crippen molar-refractivity contribution in [2.75, 3.05) is 0 Å². The molecule has 144 valence electrons. The molecule has 3 atom stereocenters. The van der Waals surface area contributed by atoms with Gasteiger partial charge < -0.3 is 15.8 Å². The SMILES string of the molecule is CCC(C)C(NC(N)=O)C(=O)NNC(=O)C(C)Oc1cccc(C)c1C. The first-order chi connectivity index (χ1) is 12.2. The Morgan fingerprint density at radius 3 is 2.31 bits per heavy atom. The van der Waals surface area contributed by atoms with Crippen LogP contribution in [-0.2, 0) is 9.59 Å². The predicted molar refractivity (Wildman–Crippen MR) is 98.3 cm³/mol. The number of urea groups is 1. The van der Waals surface area contributed by atoms with Crippen molar-refractivity contribution >= 4 is 17.8 Å². The van der Waals surface area contributed by atoms with E-state index in [1.807, 2.05) is 32.9 Å². The van der Waals surface area contributed by atoms with Gasteiger partial charge in [0.2, 0.25) is 0 Å². The van der Waals surface area contributed by atoms with Crippen LogP contribution in [0.2, 0.25) is 0 Å². The van der Waals surface area contributed by atoms with Gasteiger partial charge in [0, 0.05) is 0 Å². The fraction of sp³-hybridized carbons (Fsp3) is 0.500. The van der Waals surface area contributed by atoms with E-state index >= 15 is 0 Å². The lowest BCUT2D eigenvalue weighted by Crippen LogP contribution is -2.57. The molecule has 3 unspecified atom stereocenters. The van der Waals surface area contributed by atoms with Crippen molar-refractivity contribution in [2.45, 2.75) is 53.2 Å². The first-order valence-electron chi connectivity index (χ1n) is 8.55. The van der Waals surface area contributed by atoms with E-state index in [9.17, 15) is 14.4 Å². The third-order valence-electron chi connectivity index (χ3n) is 4.33. The monoisotopic (exact) mass is 364 g/mol. The van der Waals surface area contributed by atoms with Crippen molar-refractivity contribution < 1.29 is 19.1 Å². The highest BCUT2D eigenvalue weighted by Crippen LogP contribution is 2.21. The Kier molecular flexibility index (Phi) is 7.89. The van der Waals surface area contributed by atoms with Crippen LogP contribution in [0.5, 0.6) is 5.75 Å². The summed E-state index contributed by atoms with van der Waals surface area (Å²) in [5.74, 6) is -0.610. The van der Waals surface area contributed by atoms with E-state index in [-0.39, 0.29) is 5.92 Å². The highest BCUT2D eigenvalue weighted by molar-refractivity contribution is 5.89. The van der Waals surface area contributed by atoms with Gasteiger partial charge in [0.1, 0.15) is 11.8 Å². The molecule has 0 fully saturated rings. The number of benzene rings is 1. The summed E-state index contributed by atoms with van der Waals surface area (Å²) in [7, 11) is 0. The van der Waals surface area contributed by atoms with Gasteiger partial charge in [-0.15, -0.1) is 0 Å². The van der Waals surface area contributed by atoms with Crippen LogP contribution in [-0.4, -0.2) is 30.0 Å². The topological polar surface area (TPSA) is 123 Å². The molecular weight excluding hydrogens is 336 g/mol. The second-order valence-electron chi connectivity index (χ2n) is 6.31. The summed E-state index contributed by atoms with van der Waals surface area (Å²) in [5, 5.41) is 2.38. The van der Waals surface area contributed by atoms with E-state index in [0.717, 1.165) is 11.1 Å².